The first-order valence-electron chi connectivity index (χ1n) is 5.87. The van der Waals surface area contributed by atoms with Gasteiger partial charge in [-0.25, -0.2) is 14.6 Å². The predicted molar refractivity (Wildman–Crippen MR) is 65.0 cm³/mol. The number of nitrogens with zero attached hydrogens (tertiary/aromatic N) is 1. The van der Waals surface area contributed by atoms with Crippen molar-refractivity contribution in [3.05, 3.63) is 18.2 Å². The minimum atomic E-state index is -1.04. The molecule has 0 saturated heterocycles. The molecule has 4 N–H and O–H groups in total. The largest absolute Gasteiger partial charge is 0.480 e. The summed E-state index contributed by atoms with van der Waals surface area (Å²) in [6, 6.07) is -1.64. The van der Waals surface area contributed by atoms with Gasteiger partial charge >= 0.3 is 12.0 Å². The number of aliphatic carboxylic acids is 1. The highest BCUT2D eigenvalue weighted by Gasteiger charge is 2.20. The van der Waals surface area contributed by atoms with Crippen LogP contribution in [0.25, 0.3) is 0 Å². The molecule has 0 fully saturated rings. The number of hydrogen-bond acceptors (Lipinski definition) is 3. The molecule has 0 bridgehead atoms. The molecule has 2 amide bonds. The maximum atomic E-state index is 11.7. The van der Waals surface area contributed by atoms with E-state index in [9.17, 15) is 9.59 Å². The van der Waals surface area contributed by atoms with Crippen LogP contribution >= 0.6 is 0 Å². The van der Waals surface area contributed by atoms with E-state index in [0.717, 1.165) is 0 Å². The normalized spacial score (nSPS) is 13.7. The standard InChI is InChI=1S/C11H18N4O3/c1-3-7(9-12-5-6-13-9)14-11(18)15-8(4-2)10(16)17/h5-8H,3-4H2,1-2H3,(H,12,13)(H,16,17)(H2,14,15,18)/t7?,8-/m1/s1. The van der Waals surface area contributed by atoms with E-state index in [1.165, 1.54) is 0 Å². The second-order valence-corrected chi connectivity index (χ2v) is 3.85. The number of carboxylic acid groups (broad SMARTS) is 1. The van der Waals surface area contributed by atoms with Crippen LogP contribution in [0.3, 0.4) is 0 Å². The molecule has 0 spiro atoms. The van der Waals surface area contributed by atoms with Crippen molar-refractivity contribution in [3.8, 4) is 0 Å². The Morgan fingerprint density at radius 3 is 2.56 bits per heavy atom. The first kappa shape index (κ1) is 14.0. The van der Waals surface area contributed by atoms with Gasteiger partial charge in [0.05, 0.1) is 6.04 Å². The summed E-state index contributed by atoms with van der Waals surface area (Å²) in [4.78, 5) is 29.4. The number of carbonyl (C=O) groups excluding carboxylic acids is 1. The molecular weight excluding hydrogens is 236 g/mol. The Kier molecular flexibility index (Phi) is 5.16. The lowest BCUT2D eigenvalue weighted by molar-refractivity contribution is -0.139. The highest BCUT2D eigenvalue weighted by molar-refractivity contribution is 5.82. The lowest BCUT2D eigenvalue weighted by Gasteiger charge is -2.18. The molecular formula is C11H18N4O3. The molecule has 2 atom stereocenters. The minimum Gasteiger partial charge on any atom is -0.480 e. The summed E-state index contributed by atoms with van der Waals surface area (Å²) < 4.78 is 0. The van der Waals surface area contributed by atoms with E-state index < -0.39 is 18.0 Å². The zero-order chi connectivity index (χ0) is 13.5. The van der Waals surface area contributed by atoms with Gasteiger partial charge in [-0.15, -0.1) is 0 Å². The Balaban J connectivity index is 2.55. The van der Waals surface area contributed by atoms with Gasteiger partial charge in [-0.1, -0.05) is 13.8 Å². The quantitative estimate of drug-likeness (QED) is 0.608. The number of H-pyrrole nitrogens is 1. The molecule has 0 aliphatic carbocycles. The van der Waals surface area contributed by atoms with Crippen LogP contribution in [-0.4, -0.2) is 33.1 Å². The van der Waals surface area contributed by atoms with Crippen LogP contribution in [0.1, 0.15) is 38.6 Å². The van der Waals surface area contributed by atoms with Gasteiger partial charge in [-0.05, 0) is 12.8 Å². The van der Waals surface area contributed by atoms with Crippen LogP contribution in [0.15, 0.2) is 12.4 Å². The smallest absolute Gasteiger partial charge is 0.326 e. The highest BCUT2D eigenvalue weighted by Crippen LogP contribution is 2.10. The minimum absolute atomic E-state index is 0.258. The number of hydrogen-bond donors (Lipinski definition) is 4. The average molecular weight is 254 g/mol. The van der Waals surface area contributed by atoms with Gasteiger partial charge in [0.1, 0.15) is 11.9 Å². The predicted octanol–water partition coefficient (Wildman–Crippen LogP) is 1.02. The zero-order valence-electron chi connectivity index (χ0n) is 10.4. The number of amides is 2. The molecule has 0 aliphatic heterocycles. The second kappa shape index (κ2) is 6.63. The van der Waals surface area contributed by atoms with E-state index in [1.54, 1.807) is 19.3 Å². The van der Waals surface area contributed by atoms with Gasteiger partial charge in [0.15, 0.2) is 0 Å². The Bertz CT molecular complexity index is 391. The molecule has 1 aromatic heterocycles. The first-order valence-corrected chi connectivity index (χ1v) is 5.87. The number of aromatic amines is 1. The van der Waals surface area contributed by atoms with Crippen molar-refractivity contribution in [2.24, 2.45) is 0 Å². The molecule has 1 aromatic rings. The molecule has 0 aliphatic rings. The first-order chi connectivity index (χ1) is 8.58. The van der Waals surface area contributed by atoms with Gasteiger partial charge < -0.3 is 20.7 Å². The summed E-state index contributed by atoms with van der Waals surface area (Å²) in [5.74, 6) is -0.394. The lowest BCUT2D eigenvalue weighted by Crippen LogP contribution is -2.46. The molecule has 100 valence electrons. The summed E-state index contributed by atoms with van der Waals surface area (Å²) in [5, 5.41) is 13.9. The number of carboxylic acids is 1. The molecule has 1 unspecified atom stereocenters. The number of rotatable bonds is 6. The number of imidazole rings is 1. The van der Waals surface area contributed by atoms with Crippen molar-refractivity contribution in [1.82, 2.24) is 20.6 Å². The summed E-state index contributed by atoms with van der Waals surface area (Å²) >= 11 is 0. The topological polar surface area (TPSA) is 107 Å². The Hall–Kier alpha value is -2.05. The van der Waals surface area contributed by atoms with E-state index >= 15 is 0 Å². The van der Waals surface area contributed by atoms with Crippen LogP contribution in [0, 0.1) is 0 Å². The van der Waals surface area contributed by atoms with Crippen LogP contribution in [0.5, 0.6) is 0 Å². The Labute approximate surface area is 105 Å². The van der Waals surface area contributed by atoms with Crippen molar-refractivity contribution in [1.29, 1.82) is 0 Å². The van der Waals surface area contributed by atoms with Crippen LogP contribution in [0.2, 0.25) is 0 Å². The summed E-state index contributed by atoms with van der Waals surface area (Å²) in [6.45, 7) is 3.60. The van der Waals surface area contributed by atoms with E-state index in [0.29, 0.717) is 18.7 Å². The van der Waals surface area contributed by atoms with Crippen molar-refractivity contribution < 1.29 is 14.7 Å². The van der Waals surface area contributed by atoms with Crippen LogP contribution in [-0.2, 0) is 4.79 Å². The average Bonchev–Trinajstić information content (AvgIpc) is 2.86. The summed E-state index contributed by atoms with van der Waals surface area (Å²) in [5.41, 5.74) is 0. The van der Waals surface area contributed by atoms with Gasteiger partial charge in [0.25, 0.3) is 0 Å². The van der Waals surface area contributed by atoms with Crippen LogP contribution in [0.4, 0.5) is 4.79 Å². The second-order valence-electron chi connectivity index (χ2n) is 3.85. The zero-order valence-corrected chi connectivity index (χ0v) is 10.4. The molecule has 7 nitrogen and oxygen atoms in total. The fourth-order valence-electron chi connectivity index (χ4n) is 1.53. The number of carbonyl (C=O) groups is 2. The molecule has 0 radical (unpaired) electrons. The lowest BCUT2D eigenvalue weighted by atomic mass is 10.2. The number of aromatic nitrogens is 2. The molecule has 1 heterocycles. The van der Waals surface area contributed by atoms with Crippen molar-refractivity contribution >= 4 is 12.0 Å². The SMILES string of the molecule is CCC(NC(=O)N[C@H](CC)C(=O)O)c1ncc[nH]1. The van der Waals surface area contributed by atoms with Crippen molar-refractivity contribution in [2.45, 2.75) is 38.8 Å². The molecule has 0 saturated carbocycles. The third kappa shape index (κ3) is 3.76. The maximum Gasteiger partial charge on any atom is 0.326 e. The third-order valence-electron chi connectivity index (χ3n) is 2.57. The van der Waals surface area contributed by atoms with E-state index in [1.807, 2.05) is 6.92 Å². The van der Waals surface area contributed by atoms with Crippen LogP contribution < -0.4 is 10.6 Å². The van der Waals surface area contributed by atoms with E-state index in [2.05, 4.69) is 20.6 Å². The van der Waals surface area contributed by atoms with Gasteiger partial charge in [-0.3, -0.25) is 0 Å². The van der Waals surface area contributed by atoms with E-state index in [-0.39, 0.29) is 6.04 Å². The summed E-state index contributed by atoms with van der Waals surface area (Å²) in [6.07, 6.45) is 4.26. The van der Waals surface area contributed by atoms with Gasteiger partial charge in [-0.2, -0.15) is 0 Å². The molecule has 18 heavy (non-hydrogen) atoms. The van der Waals surface area contributed by atoms with Gasteiger partial charge in [0, 0.05) is 12.4 Å². The van der Waals surface area contributed by atoms with Crippen molar-refractivity contribution in [3.63, 3.8) is 0 Å². The molecule has 1 rings (SSSR count). The fourth-order valence-corrected chi connectivity index (χ4v) is 1.53. The monoisotopic (exact) mass is 254 g/mol. The molecule has 7 heteroatoms. The third-order valence-corrected chi connectivity index (χ3v) is 2.57. The Morgan fingerprint density at radius 2 is 2.11 bits per heavy atom. The summed E-state index contributed by atoms with van der Waals surface area (Å²) in [7, 11) is 0. The number of urea groups is 1. The Morgan fingerprint density at radius 1 is 1.39 bits per heavy atom. The fraction of sp³-hybridized carbons (Fsp3) is 0.545. The van der Waals surface area contributed by atoms with E-state index in [4.69, 9.17) is 5.11 Å². The number of nitrogens with one attached hydrogen (secondary N) is 3. The maximum absolute atomic E-state index is 11.7. The highest BCUT2D eigenvalue weighted by atomic mass is 16.4. The van der Waals surface area contributed by atoms with Gasteiger partial charge in [0.2, 0.25) is 0 Å². The van der Waals surface area contributed by atoms with Crippen molar-refractivity contribution in [2.75, 3.05) is 0 Å². The molecule has 0 aromatic carbocycles.